The van der Waals surface area contributed by atoms with Crippen LogP contribution in [0.5, 0.6) is 0 Å². The average molecular weight is 242 g/mol. The van der Waals surface area contributed by atoms with Gasteiger partial charge in [0.15, 0.2) is 0 Å². The molecule has 0 fully saturated rings. The Morgan fingerprint density at radius 2 is 2.22 bits per heavy atom. The van der Waals surface area contributed by atoms with Crippen LogP contribution in [0.3, 0.4) is 0 Å². The van der Waals surface area contributed by atoms with E-state index in [2.05, 4.69) is 37.0 Å². The summed E-state index contributed by atoms with van der Waals surface area (Å²) in [5.74, 6) is 0.156. The summed E-state index contributed by atoms with van der Waals surface area (Å²) in [5, 5.41) is 1.31. The number of H-pyrrole nitrogens is 1. The fraction of sp³-hybridized carbons (Fsp3) is 0.400. The molecule has 1 aromatic heterocycles. The molecule has 0 radical (unpaired) electrons. The first kappa shape index (κ1) is 11.3. The lowest BCUT2D eigenvalue weighted by molar-refractivity contribution is -0.131. The fourth-order valence-electron chi connectivity index (χ4n) is 3.03. The highest BCUT2D eigenvalue weighted by Gasteiger charge is 2.28. The van der Waals surface area contributed by atoms with Crippen LogP contribution in [-0.4, -0.2) is 22.3 Å². The summed E-state index contributed by atoms with van der Waals surface area (Å²) in [6.45, 7) is 6.67. The van der Waals surface area contributed by atoms with Crippen molar-refractivity contribution in [2.24, 2.45) is 0 Å². The molecule has 0 saturated heterocycles. The fourth-order valence-corrected chi connectivity index (χ4v) is 3.03. The van der Waals surface area contributed by atoms with Crippen LogP contribution in [0, 0.1) is 6.92 Å². The van der Waals surface area contributed by atoms with E-state index in [4.69, 9.17) is 0 Å². The van der Waals surface area contributed by atoms with E-state index >= 15 is 0 Å². The predicted octanol–water partition coefficient (Wildman–Crippen LogP) is 2.94. The largest absolute Gasteiger partial charge is 0.356 e. The van der Waals surface area contributed by atoms with E-state index in [9.17, 15) is 4.79 Å². The maximum absolute atomic E-state index is 11.6. The van der Waals surface area contributed by atoms with Crippen LogP contribution in [0.4, 0.5) is 0 Å². The second-order valence-electron chi connectivity index (χ2n) is 5.20. The van der Waals surface area contributed by atoms with Gasteiger partial charge in [0.1, 0.15) is 0 Å². The summed E-state index contributed by atoms with van der Waals surface area (Å²) in [4.78, 5) is 17.0. The molecule has 1 aromatic carbocycles. The van der Waals surface area contributed by atoms with Crippen LogP contribution >= 0.6 is 0 Å². The SMILES string of the molecule is CC(=O)N1CCc2c([nH]c3cc(C)ccc23)C1C. The van der Waals surface area contributed by atoms with Crippen molar-refractivity contribution in [2.45, 2.75) is 33.2 Å². The molecule has 3 heteroatoms. The minimum absolute atomic E-state index is 0.152. The number of aryl methyl sites for hydroxylation is 1. The molecule has 1 aliphatic rings. The number of benzene rings is 1. The molecule has 1 atom stereocenters. The van der Waals surface area contributed by atoms with Crippen LogP contribution in [0.1, 0.15) is 36.7 Å². The zero-order valence-electron chi connectivity index (χ0n) is 11.1. The van der Waals surface area contributed by atoms with Gasteiger partial charge in [0, 0.05) is 30.1 Å². The molecule has 1 N–H and O–H groups in total. The molecule has 0 spiro atoms. The van der Waals surface area contributed by atoms with Crippen molar-refractivity contribution in [3.05, 3.63) is 35.0 Å². The monoisotopic (exact) mass is 242 g/mol. The number of amides is 1. The molecule has 0 saturated carbocycles. The Bertz CT molecular complexity index is 627. The molecule has 3 nitrogen and oxygen atoms in total. The number of hydrogen-bond acceptors (Lipinski definition) is 1. The molecule has 1 aliphatic heterocycles. The second kappa shape index (κ2) is 3.87. The number of aromatic amines is 1. The summed E-state index contributed by atoms with van der Waals surface area (Å²) in [6.07, 6.45) is 0.947. The van der Waals surface area contributed by atoms with Crippen LogP contribution in [-0.2, 0) is 11.2 Å². The van der Waals surface area contributed by atoms with Crippen molar-refractivity contribution in [1.29, 1.82) is 0 Å². The Morgan fingerprint density at radius 3 is 2.94 bits per heavy atom. The van der Waals surface area contributed by atoms with Gasteiger partial charge in [-0.2, -0.15) is 0 Å². The van der Waals surface area contributed by atoms with E-state index in [1.165, 1.54) is 27.7 Å². The minimum atomic E-state index is 0.152. The van der Waals surface area contributed by atoms with Gasteiger partial charge in [-0.15, -0.1) is 0 Å². The van der Waals surface area contributed by atoms with Crippen molar-refractivity contribution in [2.75, 3.05) is 6.54 Å². The summed E-state index contributed by atoms with van der Waals surface area (Å²) in [7, 11) is 0. The molecule has 0 aliphatic carbocycles. The van der Waals surface area contributed by atoms with E-state index < -0.39 is 0 Å². The molecule has 0 bridgehead atoms. The smallest absolute Gasteiger partial charge is 0.220 e. The summed E-state index contributed by atoms with van der Waals surface area (Å²) in [6, 6.07) is 6.67. The van der Waals surface area contributed by atoms with E-state index in [1.54, 1.807) is 6.92 Å². The predicted molar refractivity (Wildman–Crippen MR) is 72.5 cm³/mol. The lowest BCUT2D eigenvalue weighted by Crippen LogP contribution is -2.37. The third-order valence-corrected chi connectivity index (χ3v) is 3.99. The standard InChI is InChI=1S/C15H18N2O/c1-9-4-5-12-13-6-7-17(11(3)18)10(2)15(13)16-14(12)8-9/h4-5,8,10,16H,6-7H2,1-3H3. The Morgan fingerprint density at radius 1 is 1.44 bits per heavy atom. The second-order valence-corrected chi connectivity index (χ2v) is 5.20. The zero-order chi connectivity index (χ0) is 12.9. The Labute approximate surface area is 107 Å². The van der Waals surface area contributed by atoms with Gasteiger partial charge in [0.05, 0.1) is 6.04 Å². The van der Waals surface area contributed by atoms with Gasteiger partial charge in [0.2, 0.25) is 5.91 Å². The first-order valence-corrected chi connectivity index (χ1v) is 6.46. The third-order valence-electron chi connectivity index (χ3n) is 3.99. The number of carbonyl (C=O) groups excluding carboxylic acids is 1. The van der Waals surface area contributed by atoms with Crippen molar-refractivity contribution in [3.8, 4) is 0 Å². The van der Waals surface area contributed by atoms with Crippen molar-refractivity contribution >= 4 is 16.8 Å². The molecule has 94 valence electrons. The number of rotatable bonds is 0. The van der Waals surface area contributed by atoms with Crippen molar-refractivity contribution in [1.82, 2.24) is 9.88 Å². The Kier molecular flexibility index (Phi) is 2.44. The van der Waals surface area contributed by atoms with Gasteiger partial charge in [-0.3, -0.25) is 4.79 Å². The number of nitrogens with one attached hydrogen (secondary N) is 1. The van der Waals surface area contributed by atoms with E-state index in [0.29, 0.717) is 0 Å². The lowest BCUT2D eigenvalue weighted by atomic mass is 9.98. The molecule has 18 heavy (non-hydrogen) atoms. The van der Waals surface area contributed by atoms with Gasteiger partial charge in [0.25, 0.3) is 0 Å². The van der Waals surface area contributed by atoms with Crippen molar-refractivity contribution < 1.29 is 4.79 Å². The Balaban J connectivity index is 2.16. The Hall–Kier alpha value is -1.77. The number of carbonyl (C=O) groups is 1. The molecule has 3 rings (SSSR count). The topological polar surface area (TPSA) is 36.1 Å². The van der Waals surface area contributed by atoms with E-state index in [1.807, 2.05) is 4.90 Å². The summed E-state index contributed by atoms with van der Waals surface area (Å²) in [5.41, 5.74) is 5.04. The molecular formula is C15H18N2O. The van der Waals surface area contributed by atoms with Crippen LogP contribution in [0.15, 0.2) is 18.2 Å². The van der Waals surface area contributed by atoms with Gasteiger partial charge in [-0.05, 0) is 37.5 Å². The molecule has 1 unspecified atom stereocenters. The molecule has 1 amide bonds. The van der Waals surface area contributed by atoms with Crippen molar-refractivity contribution in [3.63, 3.8) is 0 Å². The van der Waals surface area contributed by atoms with E-state index in [-0.39, 0.29) is 11.9 Å². The van der Waals surface area contributed by atoms with Crippen LogP contribution in [0.2, 0.25) is 0 Å². The van der Waals surface area contributed by atoms with Crippen LogP contribution < -0.4 is 0 Å². The molecule has 2 heterocycles. The maximum Gasteiger partial charge on any atom is 0.220 e. The first-order valence-electron chi connectivity index (χ1n) is 6.46. The highest BCUT2D eigenvalue weighted by molar-refractivity contribution is 5.86. The number of nitrogens with zero attached hydrogens (tertiary/aromatic N) is 1. The van der Waals surface area contributed by atoms with E-state index in [0.717, 1.165) is 13.0 Å². The molecular weight excluding hydrogens is 224 g/mol. The maximum atomic E-state index is 11.6. The minimum Gasteiger partial charge on any atom is -0.356 e. The average Bonchev–Trinajstić information content (AvgIpc) is 2.67. The summed E-state index contributed by atoms with van der Waals surface area (Å²) < 4.78 is 0. The van der Waals surface area contributed by atoms with Gasteiger partial charge in [-0.1, -0.05) is 12.1 Å². The van der Waals surface area contributed by atoms with Gasteiger partial charge in [-0.25, -0.2) is 0 Å². The first-order chi connectivity index (χ1) is 8.58. The quantitative estimate of drug-likeness (QED) is 0.757. The highest BCUT2D eigenvalue weighted by Crippen LogP contribution is 2.34. The van der Waals surface area contributed by atoms with Gasteiger partial charge >= 0.3 is 0 Å². The summed E-state index contributed by atoms with van der Waals surface area (Å²) >= 11 is 0. The van der Waals surface area contributed by atoms with Crippen LogP contribution in [0.25, 0.3) is 10.9 Å². The lowest BCUT2D eigenvalue weighted by Gasteiger charge is -2.32. The molecule has 2 aromatic rings. The zero-order valence-corrected chi connectivity index (χ0v) is 11.1. The number of aromatic nitrogens is 1. The number of hydrogen-bond donors (Lipinski definition) is 1. The highest BCUT2D eigenvalue weighted by atomic mass is 16.2. The van der Waals surface area contributed by atoms with Gasteiger partial charge < -0.3 is 9.88 Å². The third kappa shape index (κ3) is 1.54. The number of fused-ring (bicyclic) bond motifs is 3. The normalized spacial score (nSPS) is 19.1.